The molecule has 0 bridgehead atoms. The second kappa shape index (κ2) is 10.3. The zero-order valence-corrected chi connectivity index (χ0v) is 21.2. The van der Waals surface area contributed by atoms with Crippen molar-refractivity contribution in [2.75, 3.05) is 25.6 Å². The Morgan fingerprint density at radius 2 is 2.18 bits per heavy atom. The molecule has 5 atom stereocenters. The number of imidazole rings is 1. The topological polar surface area (TPSA) is 153 Å². The van der Waals surface area contributed by atoms with E-state index >= 15 is 4.39 Å². The van der Waals surface area contributed by atoms with E-state index in [1.807, 2.05) is 0 Å². The van der Waals surface area contributed by atoms with Gasteiger partial charge in [-0.1, -0.05) is 11.6 Å². The Balaban J connectivity index is 1.70. The Morgan fingerprint density at radius 3 is 2.82 bits per heavy atom. The summed E-state index contributed by atoms with van der Waals surface area (Å²) < 4.78 is 51.1. The van der Waals surface area contributed by atoms with E-state index < -0.39 is 37.0 Å². The number of aromatic nitrogens is 4. The number of fused-ring (bicyclic) bond motifs is 1. The van der Waals surface area contributed by atoms with Crippen molar-refractivity contribution < 1.29 is 32.5 Å². The van der Waals surface area contributed by atoms with Crippen LogP contribution in [0.1, 0.15) is 40.3 Å². The highest BCUT2D eigenvalue weighted by atomic mass is 35.5. The first-order valence-corrected chi connectivity index (χ1v) is 13.1. The molecule has 1 aliphatic rings. The maximum Gasteiger partial charge on any atom is 0.323 e. The number of nitrogens with two attached hydrogens (primary N) is 1. The summed E-state index contributed by atoms with van der Waals surface area (Å²) in [5.74, 6) is -0.498. The standard InChI is InChI=1S/C19H29ClFN6O6P/c1-6-30-15-13-14(24-18(22)25-15)27(9-23-13)17-19(20,21)7-12(33-17)8-31-34(5,29)26-11(4)16(28)32-10(2)3/h9-12,17H,6-8H2,1-5H3,(H,26,29)(H2,22,24,25)/t11-,12-,17+,19-,34-/m0/s1. The lowest BCUT2D eigenvalue weighted by Crippen LogP contribution is -2.35. The van der Waals surface area contributed by atoms with E-state index in [1.165, 1.54) is 24.5 Å². The normalized spacial score (nSPS) is 25.4. The Morgan fingerprint density at radius 1 is 1.47 bits per heavy atom. The molecule has 2 aromatic rings. The van der Waals surface area contributed by atoms with Crippen LogP contribution in [0.3, 0.4) is 0 Å². The number of carbonyl (C=O) groups excluding carboxylic acids is 1. The fraction of sp³-hybridized carbons (Fsp3) is 0.684. The first kappa shape index (κ1) is 26.6. The van der Waals surface area contributed by atoms with E-state index in [4.69, 9.17) is 36.1 Å². The van der Waals surface area contributed by atoms with Crippen LogP contribution in [0.4, 0.5) is 10.3 Å². The monoisotopic (exact) mass is 522 g/mol. The largest absolute Gasteiger partial charge is 0.476 e. The van der Waals surface area contributed by atoms with Crippen molar-refractivity contribution in [1.82, 2.24) is 24.6 Å². The summed E-state index contributed by atoms with van der Waals surface area (Å²) >= 11 is 6.14. The number of ether oxygens (including phenoxy) is 3. The number of carbonyl (C=O) groups is 1. The van der Waals surface area contributed by atoms with Gasteiger partial charge in [0.05, 0.1) is 31.7 Å². The van der Waals surface area contributed by atoms with Gasteiger partial charge < -0.3 is 24.5 Å². The molecule has 0 saturated carbocycles. The second-order valence-corrected chi connectivity index (χ2v) is 11.0. The number of rotatable bonds is 10. The second-order valence-electron chi connectivity index (χ2n) is 8.20. The predicted octanol–water partition coefficient (Wildman–Crippen LogP) is 2.77. The summed E-state index contributed by atoms with van der Waals surface area (Å²) in [5.41, 5.74) is 6.22. The molecule has 0 radical (unpaired) electrons. The Bertz CT molecular complexity index is 1080. The number of nitrogens with zero attached hydrogens (tertiary/aromatic N) is 4. The van der Waals surface area contributed by atoms with Gasteiger partial charge >= 0.3 is 5.97 Å². The molecule has 0 spiro atoms. The van der Waals surface area contributed by atoms with Crippen LogP contribution in [0.15, 0.2) is 6.33 Å². The molecule has 34 heavy (non-hydrogen) atoms. The lowest BCUT2D eigenvalue weighted by Gasteiger charge is -2.22. The van der Waals surface area contributed by atoms with E-state index in [0.717, 1.165) is 0 Å². The number of esters is 1. The minimum atomic E-state index is -3.45. The van der Waals surface area contributed by atoms with Crippen LogP contribution in [0.2, 0.25) is 0 Å². The van der Waals surface area contributed by atoms with Gasteiger partial charge in [-0.15, -0.1) is 0 Å². The first-order chi connectivity index (χ1) is 15.8. The summed E-state index contributed by atoms with van der Waals surface area (Å²) in [6.45, 7) is 8.07. The Kier molecular flexibility index (Phi) is 8.03. The van der Waals surface area contributed by atoms with Gasteiger partial charge in [0.1, 0.15) is 6.04 Å². The van der Waals surface area contributed by atoms with Crippen molar-refractivity contribution in [3.8, 4) is 5.88 Å². The highest BCUT2D eigenvalue weighted by Crippen LogP contribution is 2.47. The van der Waals surface area contributed by atoms with Crippen LogP contribution in [-0.4, -0.2) is 68.7 Å². The average Bonchev–Trinajstić information content (AvgIpc) is 3.25. The number of nitrogen functional groups attached to an aromatic ring is 1. The lowest BCUT2D eigenvalue weighted by molar-refractivity contribution is -0.149. The zero-order valence-electron chi connectivity index (χ0n) is 19.5. The average molecular weight is 523 g/mol. The SMILES string of the molecule is CCOc1nc(N)nc2c1ncn2[C@@H]1O[C@H](CO[P@](C)(=O)N[C@@H](C)C(=O)OC(C)C)C[C@@]1(F)Cl. The van der Waals surface area contributed by atoms with Gasteiger partial charge in [0.15, 0.2) is 17.4 Å². The molecule has 0 unspecified atom stereocenters. The third-order valence-electron chi connectivity index (χ3n) is 4.76. The van der Waals surface area contributed by atoms with E-state index in [-0.39, 0.29) is 42.1 Å². The number of hydrogen-bond acceptors (Lipinski definition) is 10. The predicted molar refractivity (Wildman–Crippen MR) is 122 cm³/mol. The van der Waals surface area contributed by atoms with Crippen molar-refractivity contribution in [3.05, 3.63) is 6.33 Å². The third-order valence-corrected chi connectivity index (χ3v) is 6.60. The first-order valence-electron chi connectivity index (χ1n) is 10.7. The number of alkyl halides is 2. The molecule has 0 amide bonds. The van der Waals surface area contributed by atoms with Gasteiger partial charge in [-0.05, 0) is 27.7 Å². The van der Waals surface area contributed by atoms with Gasteiger partial charge in [-0.2, -0.15) is 9.97 Å². The third kappa shape index (κ3) is 6.14. The maximum atomic E-state index is 15.3. The summed E-state index contributed by atoms with van der Waals surface area (Å²) in [6, 6.07) is -0.870. The smallest absolute Gasteiger partial charge is 0.323 e. The van der Waals surface area contributed by atoms with Gasteiger partial charge in [-0.25, -0.2) is 14.5 Å². The summed E-state index contributed by atoms with van der Waals surface area (Å²) in [7, 11) is -3.45. The van der Waals surface area contributed by atoms with Crippen molar-refractivity contribution in [1.29, 1.82) is 0 Å². The van der Waals surface area contributed by atoms with Gasteiger partial charge in [0.25, 0.3) is 7.52 Å². The Labute approximate surface area is 201 Å². The van der Waals surface area contributed by atoms with Crippen molar-refractivity contribution in [2.24, 2.45) is 0 Å². The fourth-order valence-electron chi connectivity index (χ4n) is 3.42. The summed E-state index contributed by atoms with van der Waals surface area (Å²) in [4.78, 5) is 24.3. The molecule has 3 rings (SSSR count). The molecule has 15 heteroatoms. The number of anilines is 1. The van der Waals surface area contributed by atoms with Gasteiger partial charge in [-0.3, -0.25) is 13.9 Å². The van der Waals surface area contributed by atoms with Crippen molar-refractivity contribution in [3.63, 3.8) is 0 Å². The molecule has 12 nitrogen and oxygen atoms in total. The summed E-state index contributed by atoms with van der Waals surface area (Å²) in [5, 5.41) is 0.269. The Hall–Kier alpha value is -2.05. The number of hydrogen-bond donors (Lipinski definition) is 2. The maximum absolute atomic E-state index is 15.3. The van der Waals surface area contributed by atoms with E-state index in [9.17, 15) is 9.36 Å². The molecule has 0 aromatic carbocycles. The molecular formula is C19H29ClFN6O6P. The number of halogens is 2. The number of nitrogens with one attached hydrogen (secondary N) is 1. The van der Waals surface area contributed by atoms with Crippen LogP contribution >= 0.6 is 19.1 Å². The molecule has 3 heterocycles. The molecule has 0 aliphatic carbocycles. The molecule has 2 aromatic heterocycles. The highest BCUT2D eigenvalue weighted by molar-refractivity contribution is 7.56. The minimum Gasteiger partial charge on any atom is -0.476 e. The fourth-order valence-corrected chi connectivity index (χ4v) is 5.08. The van der Waals surface area contributed by atoms with Crippen LogP contribution in [0.5, 0.6) is 5.88 Å². The van der Waals surface area contributed by atoms with E-state index in [1.54, 1.807) is 20.8 Å². The van der Waals surface area contributed by atoms with Crippen LogP contribution in [-0.2, 0) is 23.4 Å². The molecule has 190 valence electrons. The van der Waals surface area contributed by atoms with E-state index in [2.05, 4.69) is 20.0 Å². The molecular weight excluding hydrogens is 494 g/mol. The van der Waals surface area contributed by atoms with Crippen LogP contribution < -0.4 is 15.6 Å². The minimum absolute atomic E-state index is 0.0854. The molecule has 1 saturated heterocycles. The quantitative estimate of drug-likeness (QED) is 0.269. The van der Waals surface area contributed by atoms with E-state index in [0.29, 0.717) is 6.61 Å². The zero-order chi connectivity index (χ0) is 25.3. The van der Waals surface area contributed by atoms with Crippen LogP contribution in [0.25, 0.3) is 11.2 Å². The highest BCUT2D eigenvalue weighted by Gasteiger charge is 2.50. The summed E-state index contributed by atoms with van der Waals surface area (Å²) in [6.07, 6.45) is -1.43. The molecule has 1 fully saturated rings. The van der Waals surface area contributed by atoms with Gasteiger partial charge in [0, 0.05) is 13.1 Å². The molecule has 1 aliphatic heterocycles. The van der Waals surface area contributed by atoms with Crippen molar-refractivity contribution in [2.45, 2.75) is 63.7 Å². The van der Waals surface area contributed by atoms with Gasteiger partial charge in [0.2, 0.25) is 17.0 Å². The lowest BCUT2D eigenvalue weighted by atomic mass is 10.2. The molecule has 3 N–H and O–H groups in total. The van der Waals surface area contributed by atoms with Crippen LogP contribution in [0, 0.1) is 0 Å². The van der Waals surface area contributed by atoms with Crippen molar-refractivity contribution >= 4 is 42.2 Å².